The zero-order valence-electron chi connectivity index (χ0n) is 40.0. The van der Waals surface area contributed by atoms with Crippen molar-refractivity contribution in [1.82, 2.24) is 0 Å². The lowest BCUT2D eigenvalue weighted by Gasteiger charge is -2.18. The average Bonchev–Trinajstić information content (AvgIpc) is 3.28. The Kier molecular flexibility index (Phi) is 46.7. The second-order valence-electron chi connectivity index (χ2n) is 15.6. The van der Waals surface area contributed by atoms with Gasteiger partial charge in [-0.1, -0.05) is 180 Å². The summed E-state index contributed by atoms with van der Waals surface area (Å²) in [7, 11) is 0. The Morgan fingerprint density at radius 2 is 0.587 bits per heavy atom. The van der Waals surface area contributed by atoms with Crippen molar-refractivity contribution in [3.63, 3.8) is 0 Å². The molecule has 0 aliphatic carbocycles. The monoisotopic (exact) mass is 869 g/mol. The summed E-state index contributed by atoms with van der Waals surface area (Å²) in [5.41, 5.74) is 0. The summed E-state index contributed by atoms with van der Waals surface area (Å²) >= 11 is 0. The highest BCUT2D eigenvalue weighted by Crippen LogP contribution is 2.11. The van der Waals surface area contributed by atoms with E-state index in [1.165, 1.54) is 0 Å². The van der Waals surface area contributed by atoms with Gasteiger partial charge < -0.3 is 14.2 Å². The van der Waals surface area contributed by atoms with Gasteiger partial charge in [-0.25, -0.2) is 0 Å². The minimum atomic E-state index is -0.826. The minimum Gasteiger partial charge on any atom is -0.462 e. The number of carbonyl (C=O) groups is 3. The molecule has 0 radical (unpaired) electrons. The molecule has 1 unspecified atom stereocenters. The molecule has 0 aromatic rings. The van der Waals surface area contributed by atoms with E-state index in [1.54, 1.807) is 0 Å². The first kappa shape index (κ1) is 58.6. The first-order valence-corrected chi connectivity index (χ1v) is 24.7. The van der Waals surface area contributed by atoms with Crippen molar-refractivity contribution >= 4 is 17.9 Å². The van der Waals surface area contributed by atoms with Crippen LogP contribution in [0.3, 0.4) is 0 Å². The van der Waals surface area contributed by atoms with E-state index in [1.807, 2.05) is 0 Å². The lowest BCUT2D eigenvalue weighted by atomic mass is 10.1. The van der Waals surface area contributed by atoms with Crippen molar-refractivity contribution in [1.29, 1.82) is 0 Å². The summed E-state index contributed by atoms with van der Waals surface area (Å²) in [6.07, 6.45) is 70.1. The van der Waals surface area contributed by atoms with Gasteiger partial charge in [-0.3, -0.25) is 14.4 Å². The third kappa shape index (κ3) is 48.4. The number of carbonyl (C=O) groups excluding carboxylic acids is 3. The lowest BCUT2D eigenvalue weighted by molar-refractivity contribution is -0.167. The Morgan fingerprint density at radius 1 is 0.317 bits per heavy atom. The van der Waals surface area contributed by atoms with Crippen LogP contribution in [0.4, 0.5) is 0 Å². The summed E-state index contributed by atoms with van der Waals surface area (Å²) in [5.74, 6) is -1.04. The van der Waals surface area contributed by atoms with Gasteiger partial charge in [0.15, 0.2) is 6.10 Å². The molecule has 0 N–H and O–H groups in total. The fourth-order valence-electron chi connectivity index (χ4n) is 6.03. The number of esters is 3. The molecule has 0 rings (SSSR count). The van der Waals surface area contributed by atoms with Gasteiger partial charge in [-0.2, -0.15) is 0 Å². The number of hydrogen-bond acceptors (Lipinski definition) is 6. The quantitative estimate of drug-likeness (QED) is 0.0263. The van der Waals surface area contributed by atoms with Crippen LogP contribution in [0.5, 0.6) is 0 Å². The fraction of sp³-hybridized carbons (Fsp3) is 0.561. The van der Waals surface area contributed by atoms with Gasteiger partial charge in [0.2, 0.25) is 0 Å². The normalized spacial score (nSPS) is 13.3. The first-order valence-electron chi connectivity index (χ1n) is 24.7. The van der Waals surface area contributed by atoms with Crippen molar-refractivity contribution in [2.75, 3.05) is 13.2 Å². The van der Waals surface area contributed by atoms with E-state index in [0.717, 1.165) is 141 Å². The maximum atomic E-state index is 12.8. The second kappa shape index (κ2) is 50.2. The standard InChI is InChI=1S/C57H88O6/c1-4-7-10-13-16-19-22-25-27-28-30-32-35-38-41-44-47-50-56(59)62-53-54(52-61-55(58)49-46-43-40-37-34-31-24-21-18-15-12-9-6-3)63-57(60)51-48-45-42-39-36-33-29-26-23-20-17-14-11-8-5-2/h7-12,16-21,25-27,29-32,34,38,41,54H,4-6,13-15,22-24,28,33,35-37,39-40,42-53H2,1-3H3/b10-7-,11-8-,12-9-,19-16-,20-17-,21-18-,27-25-,29-26-,32-30-,34-31-,41-38-. The Bertz CT molecular complexity index is 1420. The molecule has 0 aromatic carbocycles. The van der Waals surface area contributed by atoms with Crippen LogP contribution in [-0.4, -0.2) is 37.2 Å². The molecule has 6 nitrogen and oxygen atoms in total. The van der Waals surface area contributed by atoms with Crippen LogP contribution in [0.25, 0.3) is 0 Å². The van der Waals surface area contributed by atoms with Crippen molar-refractivity contribution in [3.8, 4) is 0 Å². The molecule has 0 spiro atoms. The minimum absolute atomic E-state index is 0.123. The van der Waals surface area contributed by atoms with Crippen LogP contribution in [0.15, 0.2) is 134 Å². The molecule has 6 heteroatoms. The van der Waals surface area contributed by atoms with Gasteiger partial charge in [0.05, 0.1) is 0 Å². The fourth-order valence-corrected chi connectivity index (χ4v) is 6.03. The highest BCUT2D eigenvalue weighted by atomic mass is 16.6. The van der Waals surface area contributed by atoms with Gasteiger partial charge in [0, 0.05) is 19.3 Å². The summed E-state index contributed by atoms with van der Waals surface area (Å²) in [4.78, 5) is 37.9. The van der Waals surface area contributed by atoms with Crippen molar-refractivity contribution in [2.24, 2.45) is 0 Å². The molecular formula is C57H88O6. The summed E-state index contributed by atoms with van der Waals surface area (Å²) in [6, 6.07) is 0. The van der Waals surface area contributed by atoms with Gasteiger partial charge in [0.1, 0.15) is 13.2 Å². The number of unbranched alkanes of at least 4 members (excludes halogenated alkanes) is 9. The Labute approximate surface area is 385 Å². The summed E-state index contributed by atoms with van der Waals surface area (Å²) in [6.45, 7) is 6.18. The molecular weight excluding hydrogens is 781 g/mol. The van der Waals surface area contributed by atoms with Crippen LogP contribution in [0.2, 0.25) is 0 Å². The van der Waals surface area contributed by atoms with Gasteiger partial charge >= 0.3 is 17.9 Å². The molecule has 0 saturated heterocycles. The summed E-state index contributed by atoms with van der Waals surface area (Å²) < 4.78 is 16.7. The van der Waals surface area contributed by atoms with Gasteiger partial charge in [0.25, 0.3) is 0 Å². The van der Waals surface area contributed by atoms with E-state index >= 15 is 0 Å². The van der Waals surface area contributed by atoms with Gasteiger partial charge in [-0.05, 0) is 122 Å². The Balaban J connectivity index is 4.58. The van der Waals surface area contributed by atoms with E-state index in [-0.39, 0.29) is 44.0 Å². The molecule has 0 amide bonds. The van der Waals surface area contributed by atoms with Crippen molar-refractivity contribution in [3.05, 3.63) is 134 Å². The largest absolute Gasteiger partial charge is 0.462 e. The number of hydrogen-bond donors (Lipinski definition) is 0. The molecule has 63 heavy (non-hydrogen) atoms. The first-order chi connectivity index (χ1) is 31.0. The third-order valence-corrected chi connectivity index (χ3v) is 9.63. The van der Waals surface area contributed by atoms with Gasteiger partial charge in [-0.15, -0.1) is 0 Å². The Hall–Kier alpha value is -4.45. The lowest BCUT2D eigenvalue weighted by Crippen LogP contribution is -2.30. The molecule has 0 aliphatic rings. The maximum Gasteiger partial charge on any atom is 0.306 e. The Morgan fingerprint density at radius 3 is 0.968 bits per heavy atom. The SMILES string of the molecule is CC/C=C\C/C=C\C/C=C\C/C=C\C/C=C\CCCC(=O)OCC(COC(=O)CCCCC/C=C\C/C=C\C/C=C\CC)OC(=O)CCCCCCC/C=C\C/C=C\C/C=C\CC. The van der Waals surface area contributed by atoms with Crippen molar-refractivity contribution < 1.29 is 28.6 Å². The van der Waals surface area contributed by atoms with Crippen LogP contribution in [-0.2, 0) is 28.6 Å². The zero-order chi connectivity index (χ0) is 45.8. The van der Waals surface area contributed by atoms with E-state index in [0.29, 0.717) is 12.8 Å². The van der Waals surface area contributed by atoms with Crippen LogP contribution in [0.1, 0.15) is 188 Å². The second-order valence-corrected chi connectivity index (χ2v) is 15.6. The van der Waals surface area contributed by atoms with Crippen LogP contribution in [0, 0.1) is 0 Å². The predicted molar refractivity (Wildman–Crippen MR) is 269 cm³/mol. The van der Waals surface area contributed by atoms with E-state index in [2.05, 4.69) is 154 Å². The van der Waals surface area contributed by atoms with E-state index in [9.17, 15) is 14.4 Å². The molecule has 0 bridgehead atoms. The zero-order valence-corrected chi connectivity index (χ0v) is 40.0. The van der Waals surface area contributed by atoms with E-state index in [4.69, 9.17) is 14.2 Å². The average molecular weight is 869 g/mol. The smallest absolute Gasteiger partial charge is 0.306 e. The number of rotatable bonds is 42. The van der Waals surface area contributed by atoms with Crippen molar-refractivity contribution in [2.45, 2.75) is 194 Å². The summed E-state index contributed by atoms with van der Waals surface area (Å²) in [5, 5.41) is 0. The highest BCUT2D eigenvalue weighted by Gasteiger charge is 2.19. The molecule has 0 saturated carbocycles. The molecule has 0 heterocycles. The third-order valence-electron chi connectivity index (χ3n) is 9.63. The number of ether oxygens (including phenoxy) is 3. The molecule has 352 valence electrons. The van der Waals surface area contributed by atoms with Crippen LogP contribution < -0.4 is 0 Å². The molecule has 0 aliphatic heterocycles. The highest BCUT2D eigenvalue weighted by molar-refractivity contribution is 5.71. The molecule has 1 atom stereocenters. The predicted octanol–water partition coefficient (Wildman–Crippen LogP) is 16.3. The molecule has 0 aromatic heterocycles. The topological polar surface area (TPSA) is 78.9 Å². The maximum absolute atomic E-state index is 12.8. The van der Waals surface area contributed by atoms with Crippen LogP contribution >= 0.6 is 0 Å². The molecule has 0 fully saturated rings. The van der Waals surface area contributed by atoms with E-state index < -0.39 is 6.10 Å². The number of allylic oxidation sites excluding steroid dienone is 22.